The van der Waals surface area contributed by atoms with Gasteiger partial charge in [-0.1, -0.05) is 0 Å². The molecule has 0 spiro atoms. The van der Waals surface area contributed by atoms with Crippen molar-refractivity contribution in [3.8, 4) is 0 Å². The van der Waals surface area contributed by atoms with Gasteiger partial charge in [-0.15, -0.1) is 0 Å². The molecule has 0 aliphatic heterocycles. The molecule has 0 bridgehead atoms. The largest absolute Gasteiger partial charge is 0.370 e. The number of benzene rings is 1. The van der Waals surface area contributed by atoms with Gasteiger partial charge in [0.25, 0.3) is 0 Å². The summed E-state index contributed by atoms with van der Waals surface area (Å²) in [5.41, 5.74) is 8.36. The van der Waals surface area contributed by atoms with Crippen LogP contribution in [0.1, 0.15) is 0 Å². The molecule has 0 aromatic heterocycles. The fourth-order valence-electron chi connectivity index (χ4n) is 0.931. The first-order valence-electron chi connectivity index (χ1n) is 3.65. The third-order valence-corrected chi connectivity index (χ3v) is 1.45. The highest BCUT2D eigenvalue weighted by Crippen LogP contribution is 2.30. The number of nitro groups is 1. The SMILES string of the molecule is NC(N)=Nc1c(F)cc(F)cc1[N+](=O)[O-]. The molecule has 8 heteroatoms. The van der Waals surface area contributed by atoms with E-state index >= 15 is 0 Å². The van der Waals surface area contributed by atoms with E-state index in [-0.39, 0.29) is 0 Å². The van der Waals surface area contributed by atoms with Crippen molar-refractivity contribution >= 4 is 17.3 Å². The summed E-state index contributed by atoms with van der Waals surface area (Å²) >= 11 is 0. The van der Waals surface area contributed by atoms with Gasteiger partial charge in [0.05, 0.1) is 11.0 Å². The van der Waals surface area contributed by atoms with Crippen molar-refractivity contribution in [1.29, 1.82) is 0 Å². The quantitative estimate of drug-likeness (QED) is 0.329. The molecule has 1 aromatic rings. The minimum atomic E-state index is -1.20. The second kappa shape index (κ2) is 3.86. The van der Waals surface area contributed by atoms with Crippen molar-refractivity contribution < 1.29 is 13.7 Å². The van der Waals surface area contributed by atoms with Gasteiger partial charge in [-0.05, 0) is 0 Å². The predicted molar refractivity (Wildman–Crippen MR) is 48.5 cm³/mol. The lowest BCUT2D eigenvalue weighted by Crippen LogP contribution is -2.22. The van der Waals surface area contributed by atoms with Gasteiger partial charge in [0.1, 0.15) is 5.82 Å². The fraction of sp³-hybridized carbons (Fsp3) is 0. The molecule has 0 heterocycles. The summed E-state index contributed by atoms with van der Waals surface area (Å²) in [6.45, 7) is 0. The molecule has 0 fully saturated rings. The summed E-state index contributed by atoms with van der Waals surface area (Å²) in [6, 6.07) is 0.986. The molecule has 15 heavy (non-hydrogen) atoms. The molecular weight excluding hydrogens is 210 g/mol. The third-order valence-electron chi connectivity index (χ3n) is 1.45. The Bertz CT molecular complexity index is 443. The highest BCUT2D eigenvalue weighted by Gasteiger charge is 2.20. The number of nitrogens with two attached hydrogens (primary N) is 2. The van der Waals surface area contributed by atoms with Crippen LogP contribution in [0.2, 0.25) is 0 Å². The van der Waals surface area contributed by atoms with E-state index in [0.717, 1.165) is 0 Å². The van der Waals surface area contributed by atoms with Gasteiger partial charge in [0.15, 0.2) is 17.5 Å². The Labute approximate surface area is 82.4 Å². The number of aliphatic imine (C=N–C) groups is 1. The summed E-state index contributed by atoms with van der Waals surface area (Å²) in [4.78, 5) is 12.7. The standard InChI is InChI=1S/C7H6F2N4O2/c8-3-1-4(9)6(12-7(10)11)5(2-3)13(14)15/h1-2H,(H4,10,11,12). The van der Waals surface area contributed by atoms with E-state index in [1.807, 2.05) is 0 Å². The van der Waals surface area contributed by atoms with E-state index in [4.69, 9.17) is 11.5 Å². The maximum absolute atomic E-state index is 13.1. The van der Waals surface area contributed by atoms with Crippen molar-refractivity contribution in [3.63, 3.8) is 0 Å². The van der Waals surface area contributed by atoms with E-state index < -0.39 is 33.9 Å². The van der Waals surface area contributed by atoms with Gasteiger partial charge in [-0.3, -0.25) is 10.1 Å². The Morgan fingerprint density at radius 1 is 1.40 bits per heavy atom. The van der Waals surface area contributed by atoms with Crippen molar-refractivity contribution in [3.05, 3.63) is 33.9 Å². The Morgan fingerprint density at radius 2 is 2.00 bits per heavy atom. The number of halogens is 2. The second-order valence-electron chi connectivity index (χ2n) is 2.55. The molecule has 0 atom stereocenters. The predicted octanol–water partition coefficient (Wildman–Crippen LogP) is 0.778. The van der Waals surface area contributed by atoms with E-state index in [1.165, 1.54) is 0 Å². The maximum Gasteiger partial charge on any atom is 0.300 e. The van der Waals surface area contributed by atoms with Gasteiger partial charge in [0.2, 0.25) is 0 Å². The monoisotopic (exact) mass is 216 g/mol. The Kier molecular flexibility index (Phi) is 2.79. The zero-order valence-corrected chi connectivity index (χ0v) is 7.28. The Balaban J connectivity index is 3.47. The number of nitrogens with zero attached hydrogens (tertiary/aromatic N) is 2. The third kappa shape index (κ3) is 2.36. The zero-order chi connectivity index (χ0) is 11.6. The highest BCUT2D eigenvalue weighted by molar-refractivity contribution is 5.81. The topological polar surface area (TPSA) is 108 Å². The molecule has 0 aliphatic carbocycles. The van der Waals surface area contributed by atoms with Gasteiger partial charge < -0.3 is 11.5 Å². The van der Waals surface area contributed by atoms with Crippen LogP contribution in [0, 0.1) is 21.7 Å². The van der Waals surface area contributed by atoms with Crippen molar-refractivity contribution in [2.24, 2.45) is 16.5 Å². The summed E-state index contributed by atoms with van der Waals surface area (Å²) in [7, 11) is 0. The number of hydrogen-bond donors (Lipinski definition) is 2. The van der Waals surface area contributed by atoms with Crippen molar-refractivity contribution in [2.45, 2.75) is 0 Å². The summed E-state index contributed by atoms with van der Waals surface area (Å²) in [6.07, 6.45) is 0. The first-order chi connectivity index (χ1) is 6.91. The van der Waals surface area contributed by atoms with Gasteiger partial charge >= 0.3 is 5.69 Å². The van der Waals surface area contributed by atoms with Crippen LogP contribution in [0.5, 0.6) is 0 Å². The van der Waals surface area contributed by atoms with E-state index in [9.17, 15) is 18.9 Å². The van der Waals surface area contributed by atoms with Crippen LogP contribution in [0.15, 0.2) is 17.1 Å². The van der Waals surface area contributed by atoms with Crippen molar-refractivity contribution in [2.75, 3.05) is 0 Å². The Morgan fingerprint density at radius 3 is 2.47 bits per heavy atom. The first kappa shape index (κ1) is 10.8. The van der Waals surface area contributed by atoms with Crippen LogP contribution in [-0.4, -0.2) is 10.9 Å². The molecule has 0 amide bonds. The number of hydrogen-bond acceptors (Lipinski definition) is 3. The van der Waals surface area contributed by atoms with E-state index in [1.54, 1.807) is 0 Å². The minimum Gasteiger partial charge on any atom is -0.370 e. The zero-order valence-electron chi connectivity index (χ0n) is 7.28. The van der Waals surface area contributed by atoms with E-state index in [2.05, 4.69) is 4.99 Å². The molecular formula is C7H6F2N4O2. The molecule has 0 unspecified atom stereocenters. The van der Waals surface area contributed by atoms with Gasteiger partial charge in [-0.25, -0.2) is 13.8 Å². The molecule has 4 N–H and O–H groups in total. The van der Waals surface area contributed by atoms with Gasteiger partial charge in [-0.2, -0.15) is 0 Å². The summed E-state index contributed by atoms with van der Waals surface area (Å²) in [5.74, 6) is -2.83. The Hall–Kier alpha value is -2.25. The molecule has 80 valence electrons. The lowest BCUT2D eigenvalue weighted by molar-refractivity contribution is -0.384. The van der Waals surface area contributed by atoms with Crippen LogP contribution in [0.25, 0.3) is 0 Å². The van der Waals surface area contributed by atoms with Crippen LogP contribution in [-0.2, 0) is 0 Å². The van der Waals surface area contributed by atoms with E-state index in [0.29, 0.717) is 12.1 Å². The van der Waals surface area contributed by atoms with Crippen molar-refractivity contribution in [1.82, 2.24) is 0 Å². The average Bonchev–Trinajstić information content (AvgIpc) is 2.08. The molecule has 1 aromatic carbocycles. The molecule has 0 aliphatic rings. The highest BCUT2D eigenvalue weighted by atomic mass is 19.1. The molecule has 0 saturated carbocycles. The van der Waals surface area contributed by atoms with Crippen LogP contribution in [0.4, 0.5) is 20.2 Å². The average molecular weight is 216 g/mol. The van der Waals surface area contributed by atoms with Crippen LogP contribution >= 0.6 is 0 Å². The molecule has 6 nitrogen and oxygen atoms in total. The lowest BCUT2D eigenvalue weighted by Gasteiger charge is -1.99. The molecule has 0 saturated heterocycles. The second-order valence-corrected chi connectivity index (χ2v) is 2.55. The lowest BCUT2D eigenvalue weighted by atomic mass is 10.2. The van der Waals surface area contributed by atoms with Crippen LogP contribution in [0.3, 0.4) is 0 Å². The summed E-state index contributed by atoms with van der Waals surface area (Å²) in [5, 5.41) is 10.4. The number of rotatable bonds is 2. The van der Waals surface area contributed by atoms with Gasteiger partial charge in [0, 0.05) is 6.07 Å². The van der Waals surface area contributed by atoms with Crippen LogP contribution < -0.4 is 11.5 Å². The number of nitro benzene ring substituents is 1. The molecule has 1 rings (SSSR count). The first-order valence-corrected chi connectivity index (χ1v) is 3.65. The summed E-state index contributed by atoms with van der Waals surface area (Å²) < 4.78 is 25.7. The molecule has 0 radical (unpaired) electrons. The normalized spacial score (nSPS) is 9.73. The minimum absolute atomic E-state index is 0.453. The maximum atomic E-state index is 13.1. The fourth-order valence-corrected chi connectivity index (χ4v) is 0.931. The smallest absolute Gasteiger partial charge is 0.300 e. The number of guanidine groups is 1.